The molecule has 0 radical (unpaired) electrons. The average Bonchev–Trinajstić information content (AvgIpc) is 2.10. The zero-order chi connectivity index (χ0) is 10.1. The van der Waals surface area contributed by atoms with E-state index in [1.54, 1.807) is 0 Å². The first-order valence-corrected chi connectivity index (χ1v) is 3.97. The molecule has 13 heavy (non-hydrogen) atoms. The Balaban J connectivity index is 3.08. The Kier molecular flexibility index (Phi) is 6.62. The average molecular weight is 189 g/mol. The largest absolute Gasteiger partial charge is 0.469 e. The molecule has 0 aromatic heterocycles. The summed E-state index contributed by atoms with van der Waals surface area (Å²) in [5.41, 5.74) is 4.83. The van der Waals surface area contributed by atoms with Crippen molar-refractivity contribution in [1.29, 1.82) is 0 Å². The Bertz CT molecular complexity index is 172. The van der Waals surface area contributed by atoms with Gasteiger partial charge in [-0.25, -0.2) is 4.79 Å². The summed E-state index contributed by atoms with van der Waals surface area (Å²) >= 11 is 0. The highest BCUT2D eigenvalue weighted by Crippen LogP contribution is 1.79. The van der Waals surface area contributed by atoms with Gasteiger partial charge in [0.25, 0.3) is 0 Å². The van der Waals surface area contributed by atoms with Crippen LogP contribution in [0.15, 0.2) is 0 Å². The van der Waals surface area contributed by atoms with E-state index in [1.165, 1.54) is 7.11 Å². The van der Waals surface area contributed by atoms with Crippen LogP contribution in [-0.4, -0.2) is 38.7 Å². The molecule has 0 saturated heterocycles. The lowest BCUT2D eigenvalue weighted by atomic mass is 10.4. The molecule has 6 nitrogen and oxygen atoms in total. The fraction of sp³-hybridized carbons (Fsp3) is 0.714. The summed E-state index contributed by atoms with van der Waals surface area (Å²) in [5.74, 6) is -0.254. The van der Waals surface area contributed by atoms with E-state index in [4.69, 9.17) is 5.73 Å². The van der Waals surface area contributed by atoms with Crippen molar-refractivity contribution in [3.8, 4) is 0 Å². The number of nitrogens with two attached hydrogens (primary N) is 1. The van der Waals surface area contributed by atoms with E-state index in [2.05, 4.69) is 15.4 Å². The summed E-state index contributed by atoms with van der Waals surface area (Å²) in [6.45, 7) is 1.57. The highest BCUT2D eigenvalue weighted by Gasteiger charge is 1.97. The summed E-state index contributed by atoms with van der Waals surface area (Å²) in [7, 11) is 1.34. The summed E-state index contributed by atoms with van der Waals surface area (Å²) < 4.78 is 4.43. The van der Waals surface area contributed by atoms with Crippen LogP contribution in [0.5, 0.6) is 0 Å². The SMILES string of the molecule is COC(=O)CCNCCNC(N)=O. The van der Waals surface area contributed by atoms with Gasteiger partial charge in [-0.05, 0) is 0 Å². The van der Waals surface area contributed by atoms with Crippen LogP contribution in [0.3, 0.4) is 0 Å². The number of rotatable bonds is 6. The number of methoxy groups -OCH3 is 1. The van der Waals surface area contributed by atoms with Crippen molar-refractivity contribution in [2.24, 2.45) is 5.73 Å². The van der Waals surface area contributed by atoms with Gasteiger partial charge in [-0.15, -0.1) is 0 Å². The Hall–Kier alpha value is -1.30. The zero-order valence-electron chi connectivity index (χ0n) is 7.63. The van der Waals surface area contributed by atoms with Crippen LogP contribution in [0.2, 0.25) is 0 Å². The van der Waals surface area contributed by atoms with Gasteiger partial charge < -0.3 is 21.1 Å². The summed E-state index contributed by atoms with van der Waals surface area (Å²) in [6, 6.07) is -0.547. The predicted molar refractivity (Wildman–Crippen MR) is 47.1 cm³/mol. The summed E-state index contributed by atoms with van der Waals surface area (Å²) in [5, 5.41) is 5.34. The fourth-order valence-corrected chi connectivity index (χ4v) is 0.692. The van der Waals surface area contributed by atoms with E-state index in [0.717, 1.165) is 0 Å². The minimum atomic E-state index is -0.547. The number of urea groups is 1. The quantitative estimate of drug-likeness (QED) is 0.361. The van der Waals surface area contributed by atoms with Crippen molar-refractivity contribution >= 4 is 12.0 Å². The third-order valence-electron chi connectivity index (χ3n) is 1.33. The van der Waals surface area contributed by atoms with E-state index < -0.39 is 6.03 Å². The van der Waals surface area contributed by atoms with Gasteiger partial charge in [0.2, 0.25) is 0 Å². The van der Waals surface area contributed by atoms with Gasteiger partial charge in [-0.1, -0.05) is 0 Å². The van der Waals surface area contributed by atoms with Gasteiger partial charge in [0, 0.05) is 19.6 Å². The molecule has 6 heteroatoms. The molecule has 0 bridgehead atoms. The Morgan fingerprint density at radius 2 is 2.00 bits per heavy atom. The minimum Gasteiger partial charge on any atom is -0.469 e. The molecule has 2 amide bonds. The van der Waals surface area contributed by atoms with Gasteiger partial charge in [0.1, 0.15) is 0 Å². The molecule has 0 fully saturated rings. The lowest BCUT2D eigenvalue weighted by Gasteiger charge is -2.03. The van der Waals surface area contributed by atoms with Crippen LogP contribution in [0.4, 0.5) is 4.79 Å². The van der Waals surface area contributed by atoms with Crippen molar-refractivity contribution in [2.75, 3.05) is 26.7 Å². The highest BCUT2D eigenvalue weighted by molar-refractivity contribution is 5.71. The van der Waals surface area contributed by atoms with E-state index in [-0.39, 0.29) is 5.97 Å². The molecule has 0 unspecified atom stereocenters. The zero-order valence-corrected chi connectivity index (χ0v) is 7.63. The van der Waals surface area contributed by atoms with Crippen LogP contribution in [0.1, 0.15) is 6.42 Å². The maximum absolute atomic E-state index is 10.6. The molecule has 0 aromatic carbocycles. The third-order valence-corrected chi connectivity index (χ3v) is 1.33. The van der Waals surface area contributed by atoms with Gasteiger partial charge in [-0.2, -0.15) is 0 Å². The maximum atomic E-state index is 10.6. The number of carbonyl (C=O) groups is 2. The number of carbonyl (C=O) groups excluding carboxylic acids is 2. The second-order valence-corrected chi connectivity index (χ2v) is 2.37. The van der Waals surface area contributed by atoms with E-state index in [1.807, 2.05) is 0 Å². The normalized spacial score (nSPS) is 9.31. The van der Waals surface area contributed by atoms with Crippen LogP contribution in [0, 0.1) is 0 Å². The van der Waals surface area contributed by atoms with Crippen molar-refractivity contribution in [3.05, 3.63) is 0 Å². The van der Waals surface area contributed by atoms with Crippen molar-refractivity contribution in [2.45, 2.75) is 6.42 Å². The van der Waals surface area contributed by atoms with Crippen molar-refractivity contribution in [1.82, 2.24) is 10.6 Å². The molecule has 0 saturated carbocycles. The van der Waals surface area contributed by atoms with Crippen molar-refractivity contribution in [3.63, 3.8) is 0 Å². The van der Waals surface area contributed by atoms with E-state index in [0.29, 0.717) is 26.1 Å². The number of nitrogens with one attached hydrogen (secondary N) is 2. The molecule has 4 N–H and O–H groups in total. The number of amides is 2. The topological polar surface area (TPSA) is 93.4 Å². The number of esters is 1. The number of hydrogen-bond acceptors (Lipinski definition) is 4. The smallest absolute Gasteiger partial charge is 0.312 e. The Morgan fingerprint density at radius 3 is 2.54 bits per heavy atom. The first-order chi connectivity index (χ1) is 6.16. The van der Waals surface area contributed by atoms with Crippen LogP contribution in [-0.2, 0) is 9.53 Å². The molecule has 0 aliphatic carbocycles. The Labute approximate surface area is 76.8 Å². The maximum Gasteiger partial charge on any atom is 0.312 e. The monoisotopic (exact) mass is 189 g/mol. The molecular weight excluding hydrogens is 174 g/mol. The van der Waals surface area contributed by atoms with Gasteiger partial charge in [-0.3, -0.25) is 4.79 Å². The van der Waals surface area contributed by atoms with Crippen LogP contribution >= 0.6 is 0 Å². The molecule has 0 atom stereocenters. The molecule has 0 heterocycles. The summed E-state index contributed by atoms with van der Waals surface area (Å²) in [4.78, 5) is 20.8. The van der Waals surface area contributed by atoms with Crippen molar-refractivity contribution < 1.29 is 14.3 Å². The van der Waals surface area contributed by atoms with Gasteiger partial charge in [0.15, 0.2) is 0 Å². The molecule has 0 aromatic rings. The second kappa shape index (κ2) is 7.35. The molecular formula is C7H15N3O3. The summed E-state index contributed by atoms with van der Waals surface area (Å²) in [6.07, 6.45) is 0.326. The molecule has 76 valence electrons. The molecule has 0 aliphatic rings. The third kappa shape index (κ3) is 8.61. The first-order valence-electron chi connectivity index (χ1n) is 3.97. The lowest BCUT2D eigenvalue weighted by molar-refractivity contribution is -0.140. The van der Waals surface area contributed by atoms with Gasteiger partial charge in [0.05, 0.1) is 13.5 Å². The molecule has 0 spiro atoms. The van der Waals surface area contributed by atoms with Gasteiger partial charge >= 0.3 is 12.0 Å². The lowest BCUT2D eigenvalue weighted by Crippen LogP contribution is -2.35. The molecule has 0 rings (SSSR count). The highest BCUT2D eigenvalue weighted by atomic mass is 16.5. The first kappa shape index (κ1) is 11.7. The predicted octanol–water partition coefficient (Wildman–Crippen LogP) is -1.19. The van der Waals surface area contributed by atoms with Crippen LogP contribution < -0.4 is 16.4 Å². The standard InChI is InChI=1S/C7H15N3O3/c1-13-6(11)2-3-9-4-5-10-7(8)12/h9H,2-5H2,1H3,(H3,8,10,12). The number of primary amides is 1. The van der Waals surface area contributed by atoms with E-state index >= 15 is 0 Å². The Morgan fingerprint density at radius 1 is 1.31 bits per heavy atom. The fourth-order valence-electron chi connectivity index (χ4n) is 0.692. The second-order valence-electron chi connectivity index (χ2n) is 2.37. The number of ether oxygens (including phenoxy) is 1. The molecule has 0 aliphatic heterocycles. The van der Waals surface area contributed by atoms with Crippen LogP contribution in [0.25, 0.3) is 0 Å². The number of hydrogen-bond donors (Lipinski definition) is 3. The van der Waals surface area contributed by atoms with E-state index in [9.17, 15) is 9.59 Å². The minimum absolute atomic E-state index is 0.254.